The van der Waals surface area contributed by atoms with Gasteiger partial charge >= 0.3 is 5.97 Å². The predicted molar refractivity (Wildman–Crippen MR) is 63.0 cm³/mol. The maximum absolute atomic E-state index is 12.0. The Bertz CT molecular complexity index is 724. The van der Waals surface area contributed by atoms with Crippen molar-refractivity contribution in [2.45, 2.75) is 4.90 Å². The summed E-state index contributed by atoms with van der Waals surface area (Å²) in [5, 5.41) is 12.6. The zero-order chi connectivity index (χ0) is 14.0. The average molecular weight is 283 g/mol. The van der Waals surface area contributed by atoms with E-state index < -0.39 is 21.7 Å². The van der Waals surface area contributed by atoms with Crippen molar-refractivity contribution in [1.29, 1.82) is 0 Å². The van der Waals surface area contributed by atoms with E-state index in [1.54, 1.807) is 7.05 Å². The first-order chi connectivity index (χ1) is 8.90. The van der Waals surface area contributed by atoms with Crippen LogP contribution in [0.4, 0.5) is 5.82 Å². The summed E-state index contributed by atoms with van der Waals surface area (Å²) in [6, 6.07) is 0. The molecule has 0 atom stereocenters. The van der Waals surface area contributed by atoms with E-state index in [4.69, 9.17) is 5.11 Å². The summed E-state index contributed by atoms with van der Waals surface area (Å²) in [5.74, 6) is -1.73. The molecule has 0 aliphatic rings. The Morgan fingerprint density at radius 3 is 2.63 bits per heavy atom. The summed E-state index contributed by atoms with van der Waals surface area (Å²) in [7, 11) is -2.39. The van der Waals surface area contributed by atoms with E-state index in [9.17, 15) is 13.2 Å². The molecular formula is C9H9N5O4S. The molecule has 0 saturated heterocycles. The maximum Gasteiger partial charge on any atom is 0.358 e. The minimum Gasteiger partial charge on any atom is -0.476 e. The maximum atomic E-state index is 12.0. The van der Waals surface area contributed by atoms with Gasteiger partial charge in [-0.2, -0.15) is 5.10 Å². The van der Waals surface area contributed by atoms with Gasteiger partial charge in [-0.1, -0.05) is 0 Å². The van der Waals surface area contributed by atoms with Crippen LogP contribution in [0.2, 0.25) is 0 Å². The Balaban J connectivity index is 2.39. The van der Waals surface area contributed by atoms with E-state index in [2.05, 4.69) is 19.8 Å². The molecule has 2 heterocycles. The third-order valence-corrected chi connectivity index (χ3v) is 3.42. The van der Waals surface area contributed by atoms with E-state index in [1.807, 2.05) is 0 Å². The Morgan fingerprint density at radius 2 is 2.05 bits per heavy atom. The van der Waals surface area contributed by atoms with Crippen molar-refractivity contribution in [3.8, 4) is 0 Å². The van der Waals surface area contributed by atoms with Crippen LogP contribution in [0.1, 0.15) is 10.5 Å². The van der Waals surface area contributed by atoms with Crippen molar-refractivity contribution in [3.63, 3.8) is 0 Å². The first-order valence-corrected chi connectivity index (χ1v) is 6.44. The quantitative estimate of drug-likeness (QED) is 0.789. The third-order valence-electron chi connectivity index (χ3n) is 2.12. The number of anilines is 1. The molecule has 0 aromatic carbocycles. The highest BCUT2D eigenvalue weighted by Gasteiger charge is 2.21. The fourth-order valence-corrected chi connectivity index (χ4v) is 2.29. The molecule has 19 heavy (non-hydrogen) atoms. The number of nitrogens with one attached hydrogen (secondary N) is 1. The number of hydrogen-bond donors (Lipinski definition) is 2. The largest absolute Gasteiger partial charge is 0.476 e. The molecule has 2 aromatic rings. The van der Waals surface area contributed by atoms with E-state index in [1.165, 1.54) is 17.1 Å². The summed E-state index contributed by atoms with van der Waals surface area (Å²) >= 11 is 0. The normalized spacial score (nSPS) is 11.2. The number of carboxylic acid groups (broad SMARTS) is 1. The standard InChI is InChI=1S/C9H9N5O4S/c1-14-5-6(4-12-14)19(17,18)13-8-7(9(15)16)10-2-3-11-8/h2-5H,1H3,(H,11,13)(H,15,16). The van der Waals surface area contributed by atoms with Crippen LogP contribution in [0.25, 0.3) is 0 Å². The van der Waals surface area contributed by atoms with Gasteiger partial charge in [0.25, 0.3) is 10.0 Å². The predicted octanol–water partition coefficient (Wildman–Crippen LogP) is -0.291. The lowest BCUT2D eigenvalue weighted by molar-refractivity contribution is 0.0691. The number of aryl methyl sites for hydroxylation is 1. The lowest BCUT2D eigenvalue weighted by Gasteiger charge is -2.06. The number of carbonyl (C=O) groups is 1. The molecule has 2 rings (SSSR count). The lowest BCUT2D eigenvalue weighted by Crippen LogP contribution is -2.17. The van der Waals surface area contributed by atoms with Crippen molar-refractivity contribution < 1.29 is 18.3 Å². The summed E-state index contributed by atoms with van der Waals surface area (Å²) < 4.78 is 27.3. The minimum absolute atomic E-state index is 0.100. The van der Waals surface area contributed by atoms with E-state index in [0.29, 0.717) is 0 Å². The van der Waals surface area contributed by atoms with Crippen LogP contribution in [0.3, 0.4) is 0 Å². The van der Waals surface area contributed by atoms with Crippen molar-refractivity contribution >= 4 is 21.8 Å². The lowest BCUT2D eigenvalue weighted by atomic mass is 10.4. The van der Waals surface area contributed by atoms with Gasteiger partial charge in [-0.05, 0) is 0 Å². The van der Waals surface area contributed by atoms with Crippen LogP contribution in [0.5, 0.6) is 0 Å². The third kappa shape index (κ3) is 2.68. The van der Waals surface area contributed by atoms with Gasteiger partial charge in [0.2, 0.25) is 0 Å². The second-order valence-electron chi connectivity index (χ2n) is 3.51. The van der Waals surface area contributed by atoms with E-state index in [-0.39, 0.29) is 10.7 Å². The molecular weight excluding hydrogens is 274 g/mol. The molecule has 0 radical (unpaired) electrons. The van der Waals surface area contributed by atoms with Gasteiger partial charge in [-0.25, -0.2) is 23.2 Å². The zero-order valence-corrected chi connectivity index (χ0v) is 10.5. The molecule has 0 bridgehead atoms. The minimum atomic E-state index is -3.95. The zero-order valence-electron chi connectivity index (χ0n) is 9.68. The van der Waals surface area contributed by atoms with E-state index in [0.717, 1.165) is 12.4 Å². The van der Waals surface area contributed by atoms with E-state index >= 15 is 0 Å². The molecule has 0 amide bonds. The highest BCUT2D eigenvalue weighted by molar-refractivity contribution is 7.92. The van der Waals surface area contributed by atoms with Gasteiger partial charge in [0.05, 0.1) is 6.20 Å². The molecule has 10 heteroatoms. The second kappa shape index (κ2) is 4.65. The first kappa shape index (κ1) is 13.0. The number of aromatic carboxylic acids is 1. The first-order valence-electron chi connectivity index (χ1n) is 4.96. The molecule has 100 valence electrons. The van der Waals surface area contributed by atoms with Crippen LogP contribution in [-0.4, -0.2) is 39.2 Å². The Kier molecular flexibility index (Phi) is 3.17. The fraction of sp³-hybridized carbons (Fsp3) is 0.111. The number of carboxylic acids is 1. The van der Waals surface area contributed by atoms with Crippen molar-refractivity contribution in [2.24, 2.45) is 7.05 Å². The van der Waals surface area contributed by atoms with Crippen molar-refractivity contribution in [2.75, 3.05) is 4.72 Å². The number of rotatable bonds is 4. The fourth-order valence-electron chi connectivity index (χ4n) is 1.29. The van der Waals surface area contributed by atoms with Gasteiger partial charge in [0, 0.05) is 25.6 Å². The summed E-state index contributed by atoms with van der Waals surface area (Å²) in [4.78, 5) is 18.0. The molecule has 0 spiro atoms. The monoisotopic (exact) mass is 283 g/mol. The molecule has 9 nitrogen and oxygen atoms in total. The van der Waals surface area contributed by atoms with Crippen LogP contribution < -0.4 is 4.72 Å². The highest BCUT2D eigenvalue weighted by Crippen LogP contribution is 2.15. The van der Waals surface area contributed by atoms with Crippen LogP contribution in [-0.2, 0) is 17.1 Å². The van der Waals surface area contributed by atoms with Crippen LogP contribution in [0, 0.1) is 0 Å². The molecule has 2 aromatic heterocycles. The van der Waals surface area contributed by atoms with Gasteiger partial charge in [0.1, 0.15) is 4.90 Å². The van der Waals surface area contributed by atoms with Crippen molar-refractivity contribution in [1.82, 2.24) is 19.7 Å². The number of sulfonamides is 1. The van der Waals surface area contributed by atoms with Crippen LogP contribution in [0.15, 0.2) is 29.7 Å². The molecule has 0 aliphatic carbocycles. The average Bonchev–Trinajstić information content (AvgIpc) is 2.76. The van der Waals surface area contributed by atoms with Gasteiger partial charge in [-0.3, -0.25) is 9.40 Å². The van der Waals surface area contributed by atoms with Crippen LogP contribution >= 0.6 is 0 Å². The molecule has 0 aliphatic heterocycles. The van der Waals surface area contributed by atoms with Gasteiger partial charge in [-0.15, -0.1) is 0 Å². The Morgan fingerprint density at radius 1 is 1.37 bits per heavy atom. The summed E-state index contributed by atoms with van der Waals surface area (Å²) in [5.41, 5.74) is -0.477. The summed E-state index contributed by atoms with van der Waals surface area (Å²) in [6.07, 6.45) is 4.76. The topological polar surface area (TPSA) is 127 Å². The molecule has 0 fully saturated rings. The van der Waals surface area contributed by atoms with Gasteiger partial charge in [0.15, 0.2) is 11.5 Å². The Labute approximate surface area is 108 Å². The summed E-state index contributed by atoms with van der Waals surface area (Å²) in [6.45, 7) is 0. The smallest absolute Gasteiger partial charge is 0.358 e. The highest BCUT2D eigenvalue weighted by atomic mass is 32.2. The van der Waals surface area contributed by atoms with Crippen molar-refractivity contribution in [3.05, 3.63) is 30.5 Å². The molecule has 2 N–H and O–H groups in total. The number of aromatic nitrogens is 4. The SMILES string of the molecule is Cn1cc(S(=O)(=O)Nc2nccnc2C(=O)O)cn1. The molecule has 0 unspecified atom stereocenters. The number of hydrogen-bond acceptors (Lipinski definition) is 6. The Hall–Kier alpha value is -2.49. The van der Waals surface area contributed by atoms with Gasteiger partial charge < -0.3 is 5.11 Å². The number of nitrogens with zero attached hydrogens (tertiary/aromatic N) is 4. The molecule has 0 saturated carbocycles. The second-order valence-corrected chi connectivity index (χ2v) is 5.20.